The summed E-state index contributed by atoms with van der Waals surface area (Å²) in [5.41, 5.74) is -1.20. The number of nitrogens with zero attached hydrogens (tertiary/aromatic N) is 2. The summed E-state index contributed by atoms with van der Waals surface area (Å²) in [5, 5.41) is 2.38. The van der Waals surface area contributed by atoms with Gasteiger partial charge in [0.1, 0.15) is 5.82 Å². The van der Waals surface area contributed by atoms with Gasteiger partial charge >= 0.3 is 0 Å². The average molecular weight is 263 g/mol. The highest BCUT2D eigenvalue weighted by molar-refractivity contribution is 5.99. The number of amides is 1. The van der Waals surface area contributed by atoms with Crippen molar-refractivity contribution in [3.63, 3.8) is 0 Å². The van der Waals surface area contributed by atoms with Crippen molar-refractivity contribution >= 4 is 11.6 Å². The lowest BCUT2D eigenvalue weighted by Crippen LogP contribution is -2.25. The molecule has 0 unspecified atom stereocenters. The summed E-state index contributed by atoms with van der Waals surface area (Å²) in [5.74, 6) is -1.22. The monoisotopic (exact) mass is 263 g/mol. The molecule has 1 aromatic carbocycles. The van der Waals surface area contributed by atoms with Crippen LogP contribution in [0.15, 0.2) is 36.9 Å². The van der Waals surface area contributed by atoms with Crippen LogP contribution in [0.2, 0.25) is 0 Å². The van der Waals surface area contributed by atoms with Crippen LogP contribution in [0, 0.1) is 5.82 Å². The van der Waals surface area contributed by atoms with Gasteiger partial charge in [-0.25, -0.2) is 13.8 Å². The molecule has 19 heavy (non-hydrogen) atoms. The Balaban J connectivity index is 1.82. The van der Waals surface area contributed by atoms with Crippen LogP contribution in [0.5, 0.6) is 0 Å². The molecule has 0 spiro atoms. The highest BCUT2D eigenvalue weighted by atomic mass is 19.1. The molecule has 3 rings (SSSR count). The fourth-order valence-corrected chi connectivity index (χ4v) is 1.78. The number of alkyl halides is 1. The van der Waals surface area contributed by atoms with Crippen molar-refractivity contribution in [2.24, 2.45) is 0 Å². The lowest BCUT2D eigenvalue weighted by Gasteiger charge is -2.09. The Kier molecular flexibility index (Phi) is 2.58. The smallest absolute Gasteiger partial charge is 0.262 e. The van der Waals surface area contributed by atoms with Crippen molar-refractivity contribution in [3.8, 4) is 5.69 Å². The van der Waals surface area contributed by atoms with Crippen molar-refractivity contribution in [1.29, 1.82) is 0 Å². The summed E-state index contributed by atoms with van der Waals surface area (Å²) in [6, 6.07) is 4.20. The van der Waals surface area contributed by atoms with E-state index in [4.69, 9.17) is 0 Å². The summed E-state index contributed by atoms with van der Waals surface area (Å²) in [6.45, 7) is 0. The van der Waals surface area contributed by atoms with Gasteiger partial charge in [0.15, 0.2) is 5.67 Å². The number of hydrogen-bond acceptors (Lipinski definition) is 2. The molecule has 0 radical (unpaired) electrons. The Morgan fingerprint density at radius 3 is 2.79 bits per heavy atom. The van der Waals surface area contributed by atoms with Gasteiger partial charge in [0, 0.05) is 18.1 Å². The molecule has 0 saturated heterocycles. The third kappa shape index (κ3) is 2.21. The van der Waals surface area contributed by atoms with Crippen LogP contribution in [0.4, 0.5) is 14.5 Å². The Labute approximate surface area is 108 Å². The number of halogens is 2. The normalized spacial score (nSPS) is 16.1. The molecule has 1 aliphatic rings. The standard InChI is InChI=1S/C13H11F2N3O/c14-10-7-9(17-12(19)13(15)3-4-13)1-2-11(10)18-6-5-16-8-18/h1-2,5-8H,3-4H2,(H,17,19). The molecular formula is C13H11F2N3O. The lowest BCUT2D eigenvalue weighted by atomic mass is 10.2. The first-order chi connectivity index (χ1) is 9.08. The predicted octanol–water partition coefficient (Wildman–Crippen LogP) is 2.45. The second-order valence-electron chi connectivity index (χ2n) is 4.56. The number of hydrogen-bond donors (Lipinski definition) is 1. The quantitative estimate of drug-likeness (QED) is 0.924. The SMILES string of the molecule is O=C(Nc1ccc(-n2ccnc2)c(F)c1)C1(F)CC1. The van der Waals surface area contributed by atoms with Crippen LogP contribution in [-0.2, 0) is 4.79 Å². The topological polar surface area (TPSA) is 46.9 Å². The molecule has 6 heteroatoms. The maximum Gasteiger partial charge on any atom is 0.262 e. The zero-order valence-corrected chi connectivity index (χ0v) is 9.94. The average Bonchev–Trinajstić information content (AvgIpc) is 2.92. The Hall–Kier alpha value is -2.24. The first-order valence-corrected chi connectivity index (χ1v) is 5.87. The van der Waals surface area contributed by atoms with Crippen LogP contribution in [0.3, 0.4) is 0 Å². The van der Waals surface area contributed by atoms with E-state index >= 15 is 0 Å². The van der Waals surface area contributed by atoms with Gasteiger partial charge in [0.2, 0.25) is 0 Å². The van der Waals surface area contributed by atoms with E-state index in [2.05, 4.69) is 10.3 Å². The van der Waals surface area contributed by atoms with Gasteiger partial charge in [-0.1, -0.05) is 0 Å². The van der Waals surface area contributed by atoms with E-state index in [1.165, 1.54) is 35.3 Å². The Morgan fingerprint density at radius 2 is 2.21 bits per heavy atom. The Bertz CT molecular complexity index is 621. The molecule has 0 aliphatic heterocycles. The van der Waals surface area contributed by atoms with E-state index in [0.29, 0.717) is 5.69 Å². The third-order valence-electron chi connectivity index (χ3n) is 3.08. The molecule has 98 valence electrons. The zero-order valence-electron chi connectivity index (χ0n) is 9.94. The molecule has 0 atom stereocenters. The van der Waals surface area contributed by atoms with Crippen LogP contribution in [0.1, 0.15) is 12.8 Å². The number of anilines is 1. The molecule has 1 saturated carbocycles. The number of benzene rings is 1. The van der Waals surface area contributed by atoms with Crippen molar-refractivity contribution in [2.75, 3.05) is 5.32 Å². The van der Waals surface area contributed by atoms with E-state index in [9.17, 15) is 13.6 Å². The van der Waals surface area contributed by atoms with E-state index in [0.717, 1.165) is 0 Å². The van der Waals surface area contributed by atoms with Crippen LogP contribution in [0.25, 0.3) is 5.69 Å². The minimum absolute atomic E-state index is 0.231. The summed E-state index contributed by atoms with van der Waals surface area (Å²) >= 11 is 0. The summed E-state index contributed by atoms with van der Waals surface area (Å²) in [6.07, 6.45) is 5.08. The second kappa shape index (κ2) is 4.15. The third-order valence-corrected chi connectivity index (χ3v) is 3.08. The molecule has 1 aliphatic carbocycles. The fourth-order valence-electron chi connectivity index (χ4n) is 1.78. The number of aromatic nitrogens is 2. The van der Waals surface area contributed by atoms with E-state index in [1.807, 2.05) is 0 Å². The number of imidazole rings is 1. The molecule has 1 heterocycles. The number of rotatable bonds is 3. The van der Waals surface area contributed by atoms with Gasteiger partial charge in [-0.3, -0.25) is 4.79 Å². The maximum absolute atomic E-state index is 13.9. The number of carbonyl (C=O) groups excluding carboxylic acids is 1. The Morgan fingerprint density at radius 1 is 1.42 bits per heavy atom. The van der Waals surface area contributed by atoms with Crippen LogP contribution >= 0.6 is 0 Å². The molecule has 4 nitrogen and oxygen atoms in total. The molecule has 1 amide bonds. The molecule has 1 N–H and O–H groups in total. The summed E-state index contributed by atoms with van der Waals surface area (Å²) < 4.78 is 28.9. The molecule has 2 aromatic rings. The highest BCUT2D eigenvalue weighted by Crippen LogP contribution is 2.40. The van der Waals surface area contributed by atoms with E-state index in [-0.39, 0.29) is 18.5 Å². The van der Waals surface area contributed by atoms with Crippen LogP contribution < -0.4 is 5.32 Å². The highest BCUT2D eigenvalue weighted by Gasteiger charge is 2.50. The summed E-state index contributed by atoms with van der Waals surface area (Å²) in [7, 11) is 0. The van der Waals surface area contributed by atoms with Gasteiger partial charge in [-0.2, -0.15) is 0 Å². The van der Waals surface area contributed by atoms with Gasteiger partial charge in [-0.15, -0.1) is 0 Å². The zero-order chi connectivity index (χ0) is 13.5. The largest absolute Gasteiger partial charge is 0.323 e. The maximum atomic E-state index is 13.9. The molecule has 0 bridgehead atoms. The number of nitrogens with one attached hydrogen (secondary N) is 1. The minimum atomic E-state index is -1.76. The van der Waals surface area contributed by atoms with Gasteiger partial charge in [-0.05, 0) is 31.0 Å². The van der Waals surface area contributed by atoms with Gasteiger partial charge < -0.3 is 9.88 Å². The fraction of sp³-hybridized carbons (Fsp3) is 0.231. The molecule has 1 aromatic heterocycles. The van der Waals surface area contributed by atoms with Crippen molar-refractivity contribution in [2.45, 2.75) is 18.5 Å². The van der Waals surface area contributed by atoms with Crippen molar-refractivity contribution in [3.05, 3.63) is 42.7 Å². The lowest BCUT2D eigenvalue weighted by molar-refractivity contribution is -0.122. The minimum Gasteiger partial charge on any atom is -0.323 e. The van der Waals surface area contributed by atoms with Gasteiger partial charge in [0.05, 0.1) is 12.0 Å². The molecular weight excluding hydrogens is 252 g/mol. The van der Waals surface area contributed by atoms with Gasteiger partial charge in [0.25, 0.3) is 5.91 Å². The van der Waals surface area contributed by atoms with Crippen LogP contribution in [-0.4, -0.2) is 21.1 Å². The van der Waals surface area contributed by atoms with Crippen molar-refractivity contribution < 1.29 is 13.6 Å². The van der Waals surface area contributed by atoms with E-state index in [1.54, 1.807) is 6.20 Å². The molecule has 1 fully saturated rings. The number of carbonyl (C=O) groups is 1. The first-order valence-electron chi connectivity index (χ1n) is 5.87. The summed E-state index contributed by atoms with van der Waals surface area (Å²) in [4.78, 5) is 15.3. The van der Waals surface area contributed by atoms with E-state index < -0.39 is 17.4 Å². The predicted molar refractivity (Wildman–Crippen MR) is 65.2 cm³/mol. The first kappa shape index (κ1) is 11.8. The van der Waals surface area contributed by atoms with Crippen molar-refractivity contribution in [1.82, 2.24) is 9.55 Å². The second-order valence-corrected chi connectivity index (χ2v) is 4.56.